The van der Waals surface area contributed by atoms with Crippen LogP contribution in [0.2, 0.25) is 0 Å². The molecule has 3 unspecified atom stereocenters. The number of carbonyl (C=O) groups is 2. The Kier molecular flexibility index (Phi) is 5.52. The summed E-state index contributed by atoms with van der Waals surface area (Å²) in [6, 6.07) is 2.88. The second-order valence-corrected chi connectivity index (χ2v) is 8.87. The average molecular weight is 522 g/mol. The molecule has 178 valence electrons. The lowest BCUT2D eigenvalue weighted by molar-refractivity contribution is -0.122. The lowest BCUT2D eigenvalue weighted by atomic mass is 9.68. The number of hydrogen-bond acceptors (Lipinski definition) is 3. The molecule has 12 heteroatoms. The van der Waals surface area contributed by atoms with Crippen LogP contribution in [0.3, 0.4) is 0 Å². The predicted molar refractivity (Wildman–Crippen MR) is 110 cm³/mol. The highest BCUT2D eigenvalue weighted by molar-refractivity contribution is 6.58. The first-order chi connectivity index (χ1) is 15.8. The molecule has 4 rings (SSSR count). The lowest BCUT2D eigenvalue weighted by Crippen LogP contribution is -2.54. The van der Waals surface area contributed by atoms with Crippen molar-refractivity contribution in [3.8, 4) is 5.75 Å². The van der Waals surface area contributed by atoms with Gasteiger partial charge in [0.15, 0.2) is 44.6 Å². The highest BCUT2D eigenvalue weighted by Crippen LogP contribution is 2.60. The van der Waals surface area contributed by atoms with E-state index in [-0.39, 0.29) is 16.0 Å². The number of hydrogen-bond donors (Lipinski definition) is 1. The Balaban J connectivity index is 2.00. The zero-order valence-corrected chi connectivity index (χ0v) is 18.1. The molecule has 4 nitrogen and oxygen atoms in total. The number of nitrogens with zero attached hydrogens (tertiary/aromatic N) is 1. The van der Waals surface area contributed by atoms with Crippen LogP contribution in [0.15, 0.2) is 42.5 Å². The van der Waals surface area contributed by atoms with Crippen molar-refractivity contribution in [2.75, 3.05) is 4.90 Å². The van der Waals surface area contributed by atoms with E-state index in [4.69, 9.17) is 23.2 Å². The number of allylic oxidation sites excluding steroid dienone is 3. The van der Waals surface area contributed by atoms with E-state index < -0.39 is 80.2 Å². The van der Waals surface area contributed by atoms with Crippen LogP contribution < -0.4 is 4.90 Å². The van der Waals surface area contributed by atoms with E-state index in [0.29, 0.717) is 0 Å². The number of alkyl halides is 2. The molecule has 1 N–H and O–H groups in total. The monoisotopic (exact) mass is 521 g/mol. The Morgan fingerprint density at radius 1 is 0.971 bits per heavy atom. The minimum Gasteiger partial charge on any atom is -0.505 e. The quantitative estimate of drug-likeness (QED) is 0.194. The van der Waals surface area contributed by atoms with E-state index >= 15 is 0 Å². The van der Waals surface area contributed by atoms with Crippen molar-refractivity contribution in [2.45, 2.75) is 22.1 Å². The minimum absolute atomic E-state index is 0.0819. The van der Waals surface area contributed by atoms with Gasteiger partial charge in [0.05, 0.1) is 0 Å². The minimum atomic E-state index is -2.60. The third kappa shape index (κ3) is 2.88. The molecule has 0 spiro atoms. The number of amides is 2. The Bertz CT molecular complexity index is 1300. The molecule has 0 radical (unpaired) electrons. The SMILES string of the molecule is C=CC1=CCC2(Cl)C(=O)N(c3c(F)c(F)c(F)c(F)c3F)C(=O)C2(Cl)C1c1ccc(O)c(F)c1. The fourth-order valence-electron chi connectivity index (χ4n) is 4.27. The van der Waals surface area contributed by atoms with Gasteiger partial charge in [0.25, 0.3) is 11.8 Å². The number of anilines is 1. The second-order valence-electron chi connectivity index (χ2n) is 7.63. The van der Waals surface area contributed by atoms with Crippen LogP contribution >= 0.6 is 23.2 Å². The zero-order chi connectivity index (χ0) is 25.3. The van der Waals surface area contributed by atoms with Crippen LogP contribution in [0.4, 0.5) is 32.0 Å². The molecule has 2 aliphatic rings. The lowest BCUT2D eigenvalue weighted by Gasteiger charge is -2.42. The number of phenols is 1. The van der Waals surface area contributed by atoms with E-state index in [1.807, 2.05) is 0 Å². The maximum atomic E-state index is 14.5. The maximum absolute atomic E-state index is 14.5. The van der Waals surface area contributed by atoms with Gasteiger partial charge >= 0.3 is 0 Å². The summed E-state index contributed by atoms with van der Waals surface area (Å²) in [4.78, 5) is 21.4. The number of halogens is 8. The van der Waals surface area contributed by atoms with Crippen molar-refractivity contribution in [1.82, 2.24) is 0 Å². The first-order valence-corrected chi connectivity index (χ1v) is 10.2. The van der Waals surface area contributed by atoms with Gasteiger partial charge in [0.2, 0.25) is 5.82 Å². The van der Waals surface area contributed by atoms with Crippen LogP contribution in [0.1, 0.15) is 17.9 Å². The van der Waals surface area contributed by atoms with Crippen molar-refractivity contribution >= 4 is 40.7 Å². The van der Waals surface area contributed by atoms with Gasteiger partial charge < -0.3 is 5.11 Å². The first-order valence-electron chi connectivity index (χ1n) is 9.42. The van der Waals surface area contributed by atoms with Crippen LogP contribution in [0, 0.1) is 34.9 Å². The number of imide groups is 1. The van der Waals surface area contributed by atoms with Crippen molar-refractivity contribution in [1.29, 1.82) is 0 Å². The summed E-state index contributed by atoms with van der Waals surface area (Å²) in [5, 5.41) is 9.50. The largest absolute Gasteiger partial charge is 0.505 e. The Hall–Kier alpha value is -2.98. The smallest absolute Gasteiger partial charge is 0.258 e. The molecular weight excluding hydrogens is 511 g/mol. The Labute approximate surface area is 197 Å². The molecule has 1 fully saturated rings. The molecule has 2 aromatic carbocycles. The average Bonchev–Trinajstić information content (AvgIpc) is 2.96. The predicted octanol–water partition coefficient (Wildman–Crippen LogP) is 5.36. The zero-order valence-electron chi connectivity index (χ0n) is 16.6. The van der Waals surface area contributed by atoms with Crippen LogP contribution in [0.5, 0.6) is 5.75 Å². The fourth-order valence-corrected chi connectivity index (χ4v) is 5.12. The molecule has 3 atom stereocenters. The van der Waals surface area contributed by atoms with Gasteiger partial charge in [-0.3, -0.25) is 9.59 Å². The van der Waals surface area contributed by atoms with Gasteiger partial charge in [-0.05, 0) is 29.7 Å². The number of fused-ring (bicyclic) bond motifs is 1. The molecule has 0 bridgehead atoms. The third-order valence-corrected chi connectivity index (χ3v) is 7.35. The van der Waals surface area contributed by atoms with Crippen molar-refractivity contribution < 1.29 is 41.0 Å². The molecule has 1 aliphatic carbocycles. The molecule has 1 heterocycles. The first kappa shape index (κ1) is 24.2. The van der Waals surface area contributed by atoms with E-state index in [1.165, 1.54) is 12.2 Å². The number of rotatable bonds is 3. The van der Waals surface area contributed by atoms with Gasteiger partial charge in [-0.25, -0.2) is 31.2 Å². The molecule has 0 aromatic heterocycles. The maximum Gasteiger partial charge on any atom is 0.258 e. The molecule has 2 amide bonds. The Morgan fingerprint density at radius 3 is 2.06 bits per heavy atom. The molecule has 1 aliphatic heterocycles. The van der Waals surface area contributed by atoms with Gasteiger partial charge in [-0.2, -0.15) is 0 Å². The van der Waals surface area contributed by atoms with Crippen molar-refractivity contribution in [3.63, 3.8) is 0 Å². The molecule has 2 aromatic rings. The van der Waals surface area contributed by atoms with Crippen LogP contribution in [0.25, 0.3) is 0 Å². The van der Waals surface area contributed by atoms with E-state index in [0.717, 1.165) is 18.2 Å². The number of phenolic OH excluding ortho intramolecular Hbond substituents is 1. The fraction of sp³-hybridized carbons (Fsp3) is 0.182. The summed E-state index contributed by atoms with van der Waals surface area (Å²) < 4.78 is 84.4. The summed E-state index contributed by atoms with van der Waals surface area (Å²) in [6.07, 6.45) is 2.05. The summed E-state index contributed by atoms with van der Waals surface area (Å²) in [5.74, 6) is -18.6. The standard InChI is InChI=1S/C22H11Cl2F6NO3/c1-2-8-5-6-21(23)19(33)31(18-16(29)14(27)13(26)15(28)17(18)30)20(34)22(21,24)12(8)9-3-4-11(32)10(25)7-9/h2-5,7,12,32H,1,6H2. The van der Waals surface area contributed by atoms with Gasteiger partial charge in [0, 0.05) is 5.92 Å². The van der Waals surface area contributed by atoms with E-state index in [1.54, 1.807) is 0 Å². The molecule has 0 saturated carbocycles. The third-order valence-electron chi connectivity index (χ3n) is 5.93. The van der Waals surface area contributed by atoms with Crippen LogP contribution in [-0.4, -0.2) is 26.7 Å². The number of aromatic hydroxyl groups is 1. The van der Waals surface area contributed by atoms with Gasteiger partial charge in [-0.1, -0.05) is 24.8 Å². The summed E-state index contributed by atoms with van der Waals surface area (Å²) in [7, 11) is 0. The molecule has 1 saturated heterocycles. The van der Waals surface area contributed by atoms with E-state index in [2.05, 4.69) is 6.58 Å². The van der Waals surface area contributed by atoms with Gasteiger partial charge in [-0.15, -0.1) is 23.2 Å². The number of benzene rings is 2. The highest BCUT2D eigenvalue weighted by atomic mass is 35.5. The normalized spacial score (nSPS) is 26.5. The number of carbonyl (C=O) groups excluding carboxylic acids is 2. The summed E-state index contributed by atoms with van der Waals surface area (Å²) in [5.41, 5.74) is -1.75. The summed E-state index contributed by atoms with van der Waals surface area (Å²) >= 11 is 13.1. The van der Waals surface area contributed by atoms with Gasteiger partial charge in [0.1, 0.15) is 5.69 Å². The highest BCUT2D eigenvalue weighted by Gasteiger charge is 2.73. The topological polar surface area (TPSA) is 57.6 Å². The van der Waals surface area contributed by atoms with Crippen LogP contribution in [-0.2, 0) is 9.59 Å². The summed E-state index contributed by atoms with van der Waals surface area (Å²) in [6.45, 7) is 3.57. The molecule has 34 heavy (non-hydrogen) atoms. The Morgan fingerprint density at radius 2 is 1.53 bits per heavy atom. The van der Waals surface area contributed by atoms with E-state index in [9.17, 15) is 41.0 Å². The molecular formula is C22H11Cl2F6NO3. The van der Waals surface area contributed by atoms with Crippen molar-refractivity contribution in [3.05, 3.63) is 83.0 Å². The van der Waals surface area contributed by atoms with Crippen molar-refractivity contribution in [2.24, 2.45) is 0 Å². The second kappa shape index (κ2) is 7.78.